The second-order valence-corrected chi connectivity index (χ2v) is 27.5. The highest BCUT2D eigenvalue weighted by Gasteiger charge is 2.41. The van der Waals surface area contributed by atoms with Crippen molar-refractivity contribution in [3.05, 3.63) is 305 Å². The topological polar surface area (TPSA) is 6.48 Å². The molecular weight excluding hydrogens is 1060 g/mol. The molecule has 0 atom stereocenters. The fraction of sp³-hybridized carbons (Fsp3) is 0.163. The van der Waals surface area contributed by atoms with Gasteiger partial charge in [0.1, 0.15) is 0 Å². The fourth-order valence-corrected chi connectivity index (χ4v) is 16.9. The Labute approximate surface area is 518 Å². The number of nitrogens with zero attached hydrogens (tertiary/aromatic N) is 2. The van der Waals surface area contributed by atoms with Gasteiger partial charge in [0, 0.05) is 55.8 Å². The lowest BCUT2D eigenvalue weighted by molar-refractivity contribution is 0.607. The van der Waals surface area contributed by atoms with Crippen LogP contribution in [0, 0.1) is 0 Å². The molecule has 5 aliphatic rings. The summed E-state index contributed by atoms with van der Waals surface area (Å²) in [5.41, 5.74) is 32.9. The van der Waals surface area contributed by atoms with Crippen molar-refractivity contribution in [3.63, 3.8) is 0 Å². The Kier molecular flexibility index (Phi) is 11.3. The lowest BCUT2D eigenvalue weighted by Gasteiger charge is -2.31. The molecule has 0 saturated carbocycles. The van der Waals surface area contributed by atoms with Crippen molar-refractivity contribution in [1.82, 2.24) is 0 Å². The van der Waals surface area contributed by atoms with Crippen molar-refractivity contribution in [2.75, 3.05) is 9.80 Å². The average molecular weight is 1130 g/mol. The van der Waals surface area contributed by atoms with Gasteiger partial charge in [0.15, 0.2) is 0 Å². The first-order valence-electron chi connectivity index (χ1n) is 31.7. The Balaban J connectivity index is 0.909. The normalized spacial score (nSPS) is 16.1. The molecule has 0 amide bonds. The molecule has 0 aromatic heterocycles. The Morgan fingerprint density at radius 2 is 0.591 bits per heavy atom. The van der Waals surface area contributed by atoms with E-state index in [9.17, 15) is 0 Å². The zero-order valence-electron chi connectivity index (χ0n) is 51.6. The van der Waals surface area contributed by atoms with E-state index in [1.807, 2.05) is 0 Å². The zero-order valence-corrected chi connectivity index (χ0v) is 51.6. The van der Waals surface area contributed by atoms with Crippen LogP contribution in [0.2, 0.25) is 0 Å². The van der Waals surface area contributed by atoms with Gasteiger partial charge in [-0.3, -0.25) is 0 Å². The number of fused-ring (bicyclic) bond motifs is 13. The second-order valence-electron chi connectivity index (χ2n) is 27.5. The van der Waals surface area contributed by atoms with Crippen molar-refractivity contribution >= 4 is 61.2 Å². The number of hydrogen-bond donors (Lipinski definition) is 0. The van der Waals surface area contributed by atoms with Gasteiger partial charge in [-0.15, -0.1) is 0 Å². The molecule has 2 heteroatoms. The van der Waals surface area contributed by atoms with Gasteiger partial charge in [0.25, 0.3) is 0 Å². The molecule has 88 heavy (non-hydrogen) atoms. The molecule has 0 N–H and O–H groups in total. The Bertz CT molecular complexity index is 4920. The molecule has 0 heterocycles. The van der Waals surface area contributed by atoms with E-state index < -0.39 is 0 Å². The van der Waals surface area contributed by atoms with Crippen LogP contribution in [0.4, 0.5) is 34.1 Å². The average Bonchev–Trinajstić information content (AvgIpc) is 0.967. The molecule has 0 saturated heterocycles. The van der Waals surface area contributed by atoms with Gasteiger partial charge in [-0.25, -0.2) is 0 Å². The van der Waals surface area contributed by atoms with Crippen LogP contribution in [0.25, 0.3) is 82.8 Å². The van der Waals surface area contributed by atoms with E-state index in [2.05, 4.69) is 320 Å². The summed E-state index contributed by atoms with van der Waals surface area (Å²) in [5.74, 6) is 0. The Morgan fingerprint density at radius 3 is 0.989 bits per heavy atom. The van der Waals surface area contributed by atoms with E-state index in [-0.39, 0.29) is 21.7 Å². The summed E-state index contributed by atoms with van der Waals surface area (Å²) in [4.78, 5) is 5.09. The maximum atomic E-state index is 2.55. The molecule has 0 fully saturated rings. The Morgan fingerprint density at radius 1 is 0.273 bits per heavy atom. The number of hydrogen-bond acceptors (Lipinski definition) is 2. The van der Waals surface area contributed by atoms with E-state index in [0.717, 1.165) is 47.0 Å². The molecule has 424 valence electrons. The first-order chi connectivity index (χ1) is 42.7. The molecule has 0 radical (unpaired) electrons. The van der Waals surface area contributed by atoms with E-state index in [1.54, 1.807) is 5.57 Å². The standard InChI is InChI=1S/C86H70N2/c1-83(2)73-31-19-15-27-61(73)65-41-35-57(49-77(65)83)87(58-36-42-66-62-28-16-20-32-74(62)84(3,4)78(66)50-58)55-39-45-69-71(47-55)81(53-23-11-9-12-24-53)70-46-40-56(48-72(70)82(69)54-25-13-10-14-26-54)88(59-37-43-67-63-29-17-21-33-75(63)85(5,6)79(67)51-59)60-38-44-68-64-30-18-22-34-76(64)86(7,8)80(68)52-60/h9-21,23-33,35-52H,22,34H2,1-8H3. The fourth-order valence-electron chi connectivity index (χ4n) is 16.9. The minimum atomic E-state index is -0.175. The molecule has 2 nitrogen and oxygen atoms in total. The smallest absolute Gasteiger partial charge is 0.0468 e. The predicted molar refractivity (Wildman–Crippen MR) is 373 cm³/mol. The third kappa shape index (κ3) is 7.48. The number of benzene rings is 12. The number of allylic oxidation sites excluding steroid dienone is 4. The summed E-state index contributed by atoms with van der Waals surface area (Å²) >= 11 is 0. The largest absolute Gasteiger partial charge is 0.310 e. The van der Waals surface area contributed by atoms with Gasteiger partial charge in [-0.05, 0) is 213 Å². The van der Waals surface area contributed by atoms with E-state index in [4.69, 9.17) is 0 Å². The lowest BCUT2D eigenvalue weighted by atomic mass is 9.78. The van der Waals surface area contributed by atoms with Gasteiger partial charge in [0.05, 0.1) is 0 Å². The maximum Gasteiger partial charge on any atom is 0.0468 e. The van der Waals surface area contributed by atoms with E-state index >= 15 is 0 Å². The van der Waals surface area contributed by atoms with Crippen LogP contribution >= 0.6 is 0 Å². The molecule has 0 spiro atoms. The van der Waals surface area contributed by atoms with Crippen LogP contribution < -0.4 is 9.80 Å². The molecule has 0 bridgehead atoms. The number of anilines is 6. The molecule has 12 aromatic carbocycles. The monoisotopic (exact) mass is 1130 g/mol. The Hall–Kier alpha value is -9.76. The van der Waals surface area contributed by atoms with Crippen molar-refractivity contribution < 1.29 is 0 Å². The first kappa shape index (κ1) is 52.6. The maximum absolute atomic E-state index is 2.55. The highest BCUT2D eigenvalue weighted by Crippen LogP contribution is 2.57. The first-order valence-corrected chi connectivity index (χ1v) is 31.7. The molecule has 0 unspecified atom stereocenters. The summed E-state index contributed by atoms with van der Waals surface area (Å²) < 4.78 is 0. The van der Waals surface area contributed by atoms with Gasteiger partial charge in [-0.2, -0.15) is 0 Å². The SMILES string of the molecule is CC1(C)C2=C(C=CCC2)c2ccc(N(c3ccc4c(c3)C(C)(C)c3ccccc3-4)c3ccc4c(-c5ccccc5)c5cc(N(c6ccc7c(c6)C(C)(C)c6ccccc6-7)c6ccc7c(c6)C(C)(C)c6ccccc6-7)ccc5c(-c5ccccc5)c4c3)cc21. The van der Waals surface area contributed by atoms with Crippen LogP contribution in [-0.4, -0.2) is 0 Å². The van der Waals surface area contributed by atoms with Crippen molar-refractivity contribution in [3.8, 4) is 55.6 Å². The summed E-state index contributed by atoms with van der Waals surface area (Å²) in [7, 11) is 0. The van der Waals surface area contributed by atoms with Crippen LogP contribution in [0.15, 0.2) is 260 Å². The second kappa shape index (κ2) is 18.9. The highest BCUT2D eigenvalue weighted by atomic mass is 15.1. The lowest BCUT2D eigenvalue weighted by Crippen LogP contribution is -2.19. The van der Waals surface area contributed by atoms with Crippen LogP contribution in [0.3, 0.4) is 0 Å². The summed E-state index contributed by atoms with van der Waals surface area (Å²) in [6.45, 7) is 19.2. The van der Waals surface area contributed by atoms with Crippen LogP contribution in [-0.2, 0) is 21.7 Å². The highest BCUT2D eigenvalue weighted by molar-refractivity contribution is 6.23. The minimum absolute atomic E-state index is 0.0908. The van der Waals surface area contributed by atoms with Gasteiger partial charge in [0.2, 0.25) is 0 Å². The van der Waals surface area contributed by atoms with Gasteiger partial charge < -0.3 is 9.80 Å². The third-order valence-corrected chi connectivity index (χ3v) is 21.4. The van der Waals surface area contributed by atoms with Crippen LogP contribution in [0.1, 0.15) is 113 Å². The van der Waals surface area contributed by atoms with Gasteiger partial charge >= 0.3 is 0 Å². The molecule has 12 aromatic rings. The summed E-state index contributed by atoms with van der Waals surface area (Å²) in [6.07, 6.45) is 6.93. The van der Waals surface area contributed by atoms with Crippen molar-refractivity contribution in [2.24, 2.45) is 0 Å². The van der Waals surface area contributed by atoms with E-state index in [0.29, 0.717) is 0 Å². The predicted octanol–water partition coefficient (Wildman–Crippen LogP) is 23.6. The molecule has 5 aliphatic carbocycles. The quantitative estimate of drug-likeness (QED) is 0.140. The number of rotatable bonds is 8. The van der Waals surface area contributed by atoms with Crippen molar-refractivity contribution in [1.29, 1.82) is 0 Å². The van der Waals surface area contributed by atoms with Gasteiger partial charge in [-0.1, -0.05) is 243 Å². The molecule has 0 aliphatic heterocycles. The summed E-state index contributed by atoms with van der Waals surface area (Å²) in [6, 6.07) is 93.0. The zero-order chi connectivity index (χ0) is 59.6. The summed E-state index contributed by atoms with van der Waals surface area (Å²) in [5, 5.41) is 4.84. The third-order valence-electron chi connectivity index (χ3n) is 21.4. The molecule has 17 rings (SSSR count). The van der Waals surface area contributed by atoms with Crippen LogP contribution in [0.5, 0.6) is 0 Å². The molecular formula is C86H70N2. The van der Waals surface area contributed by atoms with Crippen molar-refractivity contribution in [2.45, 2.75) is 89.9 Å². The van der Waals surface area contributed by atoms with E-state index in [1.165, 1.54) is 127 Å². The minimum Gasteiger partial charge on any atom is -0.310 e.